The van der Waals surface area contributed by atoms with E-state index in [1.165, 1.54) is 14.7 Å². The molecule has 0 bridgehead atoms. The predicted molar refractivity (Wildman–Crippen MR) is 78.2 cm³/mol. The van der Waals surface area contributed by atoms with Gasteiger partial charge in [-0.05, 0) is 67.2 Å². The van der Waals surface area contributed by atoms with Crippen molar-refractivity contribution in [2.24, 2.45) is 0 Å². The third-order valence-electron chi connectivity index (χ3n) is 2.86. The minimum atomic E-state index is 0.196. The van der Waals surface area contributed by atoms with Crippen LogP contribution in [-0.2, 0) is 0 Å². The number of rotatable bonds is 3. The Kier molecular flexibility index (Phi) is 3.89. The highest BCUT2D eigenvalue weighted by atomic mass is 127. The lowest BCUT2D eigenvalue weighted by Gasteiger charge is -2.16. The molecule has 0 saturated carbocycles. The molecule has 0 saturated heterocycles. The molecule has 1 heterocycles. The number of nitrogens with one attached hydrogen (secondary N) is 1. The van der Waals surface area contributed by atoms with Crippen LogP contribution in [0.3, 0.4) is 0 Å². The number of halogens is 1. The molecule has 1 unspecified atom stereocenters. The SMILES string of the molecule is CNC(c1cccc(I)c1)c1cc(C)oc1C. The van der Waals surface area contributed by atoms with Gasteiger partial charge in [0, 0.05) is 9.13 Å². The molecule has 3 heteroatoms. The van der Waals surface area contributed by atoms with Crippen molar-refractivity contribution in [3.8, 4) is 0 Å². The summed E-state index contributed by atoms with van der Waals surface area (Å²) in [5.74, 6) is 1.95. The van der Waals surface area contributed by atoms with Crippen molar-refractivity contribution < 1.29 is 4.42 Å². The molecule has 1 N–H and O–H groups in total. The average Bonchev–Trinajstić information content (AvgIpc) is 2.59. The zero-order chi connectivity index (χ0) is 12.4. The van der Waals surface area contributed by atoms with Gasteiger partial charge < -0.3 is 9.73 Å². The van der Waals surface area contributed by atoms with Gasteiger partial charge in [0.2, 0.25) is 0 Å². The van der Waals surface area contributed by atoms with Crippen LogP contribution in [0.15, 0.2) is 34.7 Å². The fourth-order valence-electron chi connectivity index (χ4n) is 2.12. The molecule has 0 fully saturated rings. The van der Waals surface area contributed by atoms with Crippen molar-refractivity contribution in [2.75, 3.05) is 7.05 Å². The molecule has 0 aliphatic heterocycles. The molecule has 1 aromatic carbocycles. The van der Waals surface area contributed by atoms with Crippen LogP contribution in [0.4, 0.5) is 0 Å². The number of hydrogen-bond acceptors (Lipinski definition) is 2. The van der Waals surface area contributed by atoms with E-state index in [9.17, 15) is 0 Å². The fourth-order valence-corrected chi connectivity index (χ4v) is 2.69. The maximum atomic E-state index is 5.61. The first-order valence-corrected chi connectivity index (χ1v) is 6.69. The second kappa shape index (κ2) is 5.23. The van der Waals surface area contributed by atoms with Crippen LogP contribution in [0.25, 0.3) is 0 Å². The van der Waals surface area contributed by atoms with E-state index in [2.05, 4.69) is 58.2 Å². The van der Waals surface area contributed by atoms with Crippen molar-refractivity contribution in [1.29, 1.82) is 0 Å². The Balaban J connectivity index is 2.43. The molecule has 2 rings (SSSR count). The molecular formula is C14H16INO. The molecule has 2 nitrogen and oxygen atoms in total. The van der Waals surface area contributed by atoms with Gasteiger partial charge in [0.25, 0.3) is 0 Å². The highest BCUT2D eigenvalue weighted by molar-refractivity contribution is 14.1. The lowest BCUT2D eigenvalue weighted by atomic mass is 9.99. The molecule has 0 aliphatic rings. The van der Waals surface area contributed by atoms with Crippen molar-refractivity contribution in [2.45, 2.75) is 19.9 Å². The summed E-state index contributed by atoms with van der Waals surface area (Å²) in [7, 11) is 1.98. The lowest BCUT2D eigenvalue weighted by molar-refractivity contribution is 0.497. The summed E-state index contributed by atoms with van der Waals surface area (Å²) in [6, 6.07) is 10.8. The molecule has 1 atom stereocenters. The third kappa shape index (κ3) is 2.72. The Labute approximate surface area is 116 Å². The predicted octanol–water partition coefficient (Wildman–Crippen LogP) is 3.81. The molecule has 2 aromatic rings. The molecule has 17 heavy (non-hydrogen) atoms. The van der Waals surface area contributed by atoms with Gasteiger partial charge in [-0.1, -0.05) is 12.1 Å². The Morgan fingerprint density at radius 2 is 2.00 bits per heavy atom. The molecule has 0 amide bonds. The van der Waals surface area contributed by atoms with Crippen molar-refractivity contribution in [3.05, 3.63) is 56.5 Å². The molecule has 90 valence electrons. The largest absolute Gasteiger partial charge is 0.466 e. The normalized spacial score (nSPS) is 12.7. The highest BCUT2D eigenvalue weighted by Gasteiger charge is 2.17. The first-order chi connectivity index (χ1) is 8.11. The topological polar surface area (TPSA) is 25.2 Å². The monoisotopic (exact) mass is 341 g/mol. The maximum Gasteiger partial charge on any atom is 0.106 e. The minimum Gasteiger partial charge on any atom is -0.466 e. The summed E-state index contributed by atoms with van der Waals surface area (Å²) < 4.78 is 6.86. The van der Waals surface area contributed by atoms with Crippen LogP contribution in [0.1, 0.15) is 28.7 Å². The molecule has 0 aliphatic carbocycles. The van der Waals surface area contributed by atoms with Crippen molar-refractivity contribution >= 4 is 22.6 Å². The number of furan rings is 1. The van der Waals surface area contributed by atoms with E-state index in [-0.39, 0.29) is 6.04 Å². The van der Waals surface area contributed by atoms with Crippen LogP contribution in [0, 0.1) is 17.4 Å². The Morgan fingerprint density at radius 3 is 2.53 bits per heavy atom. The Hall–Kier alpha value is -0.810. The van der Waals surface area contributed by atoms with E-state index in [1.54, 1.807) is 0 Å². The van der Waals surface area contributed by atoms with Gasteiger partial charge in [-0.2, -0.15) is 0 Å². The van der Waals surface area contributed by atoms with Gasteiger partial charge >= 0.3 is 0 Å². The van der Waals surface area contributed by atoms with Gasteiger partial charge in [-0.15, -0.1) is 0 Å². The summed E-state index contributed by atoms with van der Waals surface area (Å²) in [6.45, 7) is 4.00. The van der Waals surface area contributed by atoms with E-state index in [1.807, 2.05) is 20.9 Å². The highest BCUT2D eigenvalue weighted by Crippen LogP contribution is 2.27. The van der Waals surface area contributed by atoms with Gasteiger partial charge in [0.1, 0.15) is 11.5 Å². The second-order valence-electron chi connectivity index (χ2n) is 4.15. The van der Waals surface area contributed by atoms with Crippen LogP contribution in [-0.4, -0.2) is 7.05 Å². The minimum absolute atomic E-state index is 0.196. The van der Waals surface area contributed by atoms with Gasteiger partial charge in [-0.25, -0.2) is 0 Å². The fraction of sp³-hybridized carbons (Fsp3) is 0.286. The Bertz CT molecular complexity index is 519. The summed E-state index contributed by atoms with van der Waals surface area (Å²) in [5.41, 5.74) is 2.48. The molecule has 0 spiro atoms. The number of benzene rings is 1. The van der Waals surface area contributed by atoms with Gasteiger partial charge in [0.05, 0.1) is 6.04 Å². The van der Waals surface area contributed by atoms with Crippen LogP contribution in [0.2, 0.25) is 0 Å². The zero-order valence-corrected chi connectivity index (χ0v) is 12.4. The summed E-state index contributed by atoms with van der Waals surface area (Å²) in [6.07, 6.45) is 0. The van der Waals surface area contributed by atoms with Crippen molar-refractivity contribution in [1.82, 2.24) is 5.32 Å². The summed E-state index contributed by atoms with van der Waals surface area (Å²) >= 11 is 2.34. The molecule has 0 radical (unpaired) electrons. The zero-order valence-electron chi connectivity index (χ0n) is 10.3. The number of aryl methyl sites for hydroxylation is 2. The van der Waals surface area contributed by atoms with Gasteiger partial charge in [-0.3, -0.25) is 0 Å². The lowest BCUT2D eigenvalue weighted by Crippen LogP contribution is -2.17. The Morgan fingerprint density at radius 1 is 1.24 bits per heavy atom. The third-order valence-corrected chi connectivity index (χ3v) is 3.53. The van der Waals surface area contributed by atoms with E-state index in [4.69, 9.17) is 4.42 Å². The van der Waals surface area contributed by atoms with Gasteiger partial charge in [0.15, 0.2) is 0 Å². The van der Waals surface area contributed by atoms with Crippen LogP contribution < -0.4 is 5.32 Å². The average molecular weight is 341 g/mol. The summed E-state index contributed by atoms with van der Waals surface area (Å²) in [5, 5.41) is 3.35. The van der Waals surface area contributed by atoms with Crippen LogP contribution >= 0.6 is 22.6 Å². The quantitative estimate of drug-likeness (QED) is 0.859. The van der Waals surface area contributed by atoms with E-state index in [0.29, 0.717) is 0 Å². The second-order valence-corrected chi connectivity index (χ2v) is 5.39. The van der Waals surface area contributed by atoms with E-state index < -0.39 is 0 Å². The number of hydrogen-bond donors (Lipinski definition) is 1. The smallest absolute Gasteiger partial charge is 0.106 e. The van der Waals surface area contributed by atoms with E-state index >= 15 is 0 Å². The first kappa shape index (κ1) is 12.6. The standard InChI is InChI=1S/C14H16INO/c1-9-7-13(10(2)17-9)14(16-3)11-5-4-6-12(15)8-11/h4-8,14,16H,1-3H3. The first-order valence-electron chi connectivity index (χ1n) is 5.61. The molecule has 1 aromatic heterocycles. The van der Waals surface area contributed by atoms with Crippen LogP contribution in [0.5, 0.6) is 0 Å². The maximum absolute atomic E-state index is 5.61. The molecular weight excluding hydrogens is 325 g/mol. The van der Waals surface area contributed by atoms with E-state index in [0.717, 1.165) is 11.5 Å². The van der Waals surface area contributed by atoms with Crippen molar-refractivity contribution in [3.63, 3.8) is 0 Å². The summed E-state index contributed by atoms with van der Waals surface area (Å²) in [4.78, 5) is 0.